The number of pyridine rings is 1. The lowest BCUT2D eigenvalue weighted by Crippen LogP contribution is -2.45. The van der Waals surface area contributed by atoms with Crippen LogP contribution < -0.4 is 10.2 Å². The van der Waals surface area contributed by atoms with Gasteiger partial charge in [-0.25, -0.2) is 4.98 Å². The van der Waals surface area contributed by atoms with E-state index in [0.29, 0.717) is 5.56 Å². The maximum absolute atomic E-state index is 12.5. The number of rotatable bonds is 5. The van der Waals surface area contributed by atoms with Gasteiger partial charge in [-0.15, -0.1) is 0 Å². The summed E-state index contributed by atoms with van der Waals surface area (Å²) in [7, 11) is 2.11. The van der Waals surface area contributed by atoms with E-state index < -0.39 is 0 Å². The molecule has 0 saturated carbocycles. The molecule has 2 N–H and O–H groups in total. The number of nitrogens with one attached hydrogen (secondary N) is 1. The molecular formula is C18H30N4O2. The summed E-state index contributed by atoms with van der Waals surface area (Å²) in [5.41, 5.74) is 0.635. The number of amides is 1. The number of hydrogen-bond donors (Lipinski definition) is 2. The summed E-state index contributed by atoms with van der Waals surface area (Å²) in [5.74, 6) is 0.684. The third-order valence-electron chi connectivity index (χ3n) is 4.25. The van der Waals surface area contributed by atoms with Crippen molar-refractivity contribution >= 4 is 11.7 Å². The van der Waals surface area contributed by atoms with E-state index in [1.165, 1.54) is 0 Å². The molecule has 1 aromatic heterocycles. The molecule has 1 fully saturated rings. The molecule has 1 amide bonds. The van der Waals surface area contributed by atoms with Gasteiger partial charge in [0.15, 0.2) is 0 Å². The number of aromatic nitrogens is 1. The maximum Gasteiger partial charge on any atom is 0.251 e. The van der Waals surface area contributed by atoms with E-state index >= 15 is 0 Å². The molecule has 0 spiro atoms. The van der Waals surface area contributed by atoms with E-state index in [1.54, 1.807) is 12.3 Å². The topological polar surface area (TPSA) is 68.7 Å². The van der Waals surface area contributed by atoms with E-state index in [0.717, 1.165) is 38.4 Å². The summed E-state index contributed by atoms with van der Waals surface area (Å²) in [6, 6.07) is 3.32. The molecule has 134 valence electrons. The van der Waals surface area contributed by atoms with Crippen molar-refractivity contribution in [2.45, 2.75) is 33.2 Å². The highest BCUT2D eigenvalue weighted by molar-refractivity contribution is 5.95. The van der Waals surface area contributed by atoms with Gasteiger partial charge >= 0.3 is 0 Å². The average Bonchev–Trinajstić information content (AvgIpc) is 2.53. The molecule has 0 aromatic carbocycles. The fourth-order valence-electron chi connectivity index (χ4n) is 2.94. The molecule has 0 bridgehead atoms. The van der Waals surface area contributed by atoms with E-state index in [1.807, 2.05) is 6.07 Å². The second-order valence-electron chi connectivity index (χ2n) is 7.81. The van der Waals surface area contributed by atoms with Gasteiger partial charge in [0.25, 0.3) is 5.91 Å². The molecule has 24 heavy (non-hydrogen) atoms. The minimum absolute atomic E-state index is 0.0455. The lowest BCUT2D eigenvalue weighted by Gasteiger charge is -2.33. The lowest BCUT2D eigenvalue weighted by molar-refractivity contribution is 0.0897. The van der Waals surface area contributed by atoms with Crippen LogP contribution in [0.2, 0.25) is 0 Å². The minimum atomic E-state index is -0.238. The molecule has 6 nitrogen and oxygen atoms in total. The van der Waals surface area contributed by atoms with Crippen molar-refractivity contribution in [3.05, 3.63) is 23.9 Å². The minimum Gasteiger partial charge on any atom is -0.394 e. The summed E-state index contributed by atoms with van der Waals surface area (Å²) in [6.07, 6.45) is 2.41. The molecule has 6 heteroatoms. The molecule has 1 atom stereocenters. The van der Waals surface area contributed by atoms with Crippen LogP contribution in [0, 0.1) is 5.41 Å². The summed E-state index contributed by atoms with van der Waals surface area (Å²) in [4.78, 5) is 21.4. The molecule has 1 unspecified atom stereocenters. The van der Waals surface area contributed by atoms with Crippen molar-refractivity contribution in [1.29, 1.82) is 0 Å². The van der Waals surface area contributed by atoms with Crippen LogP contribution in [0.3, 0.4) is 0 Å². The Morgan fingerprint density at radius 1 is 1.33 bits per heavy atom. The van der Waals surface area contributed by atoms with Crippen LogP contribution in [0.5, 0.6) is 0 Å². The quantitative estimate of drug-likeness (QED) is 0.851. The van der Waals surface area contributed by atoms with E-state index in [2.05, 4.69) is 47.9 Å². The number of aliphatic hydroxyl groups is 1. The van der Waals surface area contributed by atoms with E-state index in [9.17, 15) is 9.90 Å². The zero-order valence-electron chi connectivity index (χ0n) is 15.2. The molecule has 1 aliphatic heterocycles. The highest BCUT2D eigenvalue weighted by Gasteiger charge is 2.21. The highest BCUT2D eigenvalue weighted by atomic mass is 16.3. The summed E-state index contributed by atoms with van der Waals surface area (Å²) < 4.78 is 0. The first-order valence-corrected chi connectivity index (χ1v) is 8.60. The monoisotopic (exact) mass is 334 g/mol. The van der Waals surface area contributed by atoms with Crippen molar-refractivity contribution in [2.75, 3.05) is 44.7 Å². The van der Waals surface area contributed by atoms with Crippen LogP contribution in [0.4, 0.5) is 5.82 Å². The van der Waals surface area contributed by atoms with Crippen LogP contribution in [0.1, 0.15) is 37.6 Å². The van der Waals surface area contributed by atoms with Crippen molar-refractivity contribution in [3.8, 4) is 0 Å². The van der Waals surface area contributed by atoms with Gasteiger partial charge in [0.2, 0.25) is 0 Å². The molecule has 0 aliphatic carbocycles. The maximum atomic E-state index is 12.5. The third-order valence-corrected chi connectivity index (χ3v) is 4.25. The molecule has 1 aliphatic rings. The number of carbonyl (C=O) groups is 1. The number of piperazine rings is 1. The van der Waals surface area contributed by atoms with Crippen LogP contribution in [-0.4, -0.2) is 66.8 Å². The number of aliphatic hydroxyl groups excluding tert-OH is 1. The fraction of sp³-hybridized carbons (Fsp3) is 0.667. The Hall–Kier alpha value is -1.66. The predicted molar refractivity (Wildman–Crippen MR) is 96.4 cm³/mol. The number of likely N-dealkylation sites (N-methyl/N-ethyl adjacent to an activating group) is 1. The summed E-state index contributed by atoms with van der Waals surface area (Å²) in [6.45, 7) is 10.1. The molecular weight excluding hydrogens is 304 g/mol. The normalized spacial score (nSPS) is 17.6. The first-order valence-electron chi connectivity index (χ1n) is 8.60. The van der Waals surface area contributed by atoms with Gasteiger partial charge in [0.05, 0.1) is 12.6 Å². The van der Waals surface area contributed by atoms with E-state index in [-0.39, 0.29) is 24.0 Å². The Morgan fingerprint density at radius 3 is 2.58 bits per heavy atom. The highest BCUT2D eigenvalue weighted by Crippen LogP contribution is 2.21. The van der Waals surface area contributed by atoms with Crippen LogP contribution in [0.15, 0.2) is 18.3 Å². The number of anilines is 1. The van der Waals surface area contributed by atoms with Crippen LogP contribution in [-0.2, 0) is 0 Å². The van der Waals surface area contributed by atoms with Crippen molar-refractivity contribution in [2.24, 2.45) is 5.41 Å². The Bertz CT molecular complexity index is 548. The van der Waals surface area contributed by atoms with Gasteiger partial charge < -0.3 is 20.2 Å². The Balaban J connectivity index is 2.03. The van der Waals surface area contributed by atoms with Crippen molar-refractivity contribution in [3.63, 3.8) is 0 Å². The van der Waals surface area contributed by atoms with Gasteiger partial charge in [-0.1, -0.05) is 20.8 Å². The second kappa shape index (κ2) is 7.94. The molecule has 1 aromatic rings. The Morgan fingerprint density at radius 2 is 2.00 bits per heavy atom. The zero-order valence-corrected chi connectivity index (χ0v) is 15.2. The van der Waals surface area contributed by atoms with Crippen LogP contribution in [0.25, 0.3) is 0 Å². The zero-order chi connectivity index (χ0) is 17.7. The molecule has 0 radical (unpaired) electrons. The van der Waals surface area contributed by atoms with Crippen LogP contribution >= 0.6 is 0 Å². The smallest absolute Gasteiger partial charge is 0.251 e. The average molecular weight is 334 g/mol. The van der Waals surface area contributed by atoms with Gasteiger partial charge in [-0.05, 0) is 31.0 Å². The van der Waals surface area contributed by atoms with Crippen molar-refractivity contribution in [1.82, 2.24) is 15.2 Å². The summed E-state index contributed by atoms with van der Waals surface area (Å²) in [5, 5.41) is 12.5. The first kappa shape index (κ1) is 18.7. The number of carbonyl (C=O) groups excluding carboxylic acids is 1. The standard InChI is InChI=1S/C18H30N4O2/c1-18(2,3)12-15(13-23)20-17(24)14-5-6-19-16(11-14)22-9-7-21(4)8-10-22/h5-6,11,15,23H,7-10,12-13H2,1-4H3,(H,20,24). The molecule has 1 saturated heterocycles. The van der Waals surface area contributed by atoms with Crippen molar-refractivity contribution < 1.29 is 9.90 Å². The van der Waals surface area contributed by atoms with Gasteiger partial charge in [-0.2, -0.15) is 0 Å². The second-order valence-corrected chi connectivity index (χ2v) is 7.81. The number of hydrogen-bond acceptors (Lipinski definition) is 5. The summed E-state index contributed by atoms with van der Waals surface area (Å²) >= 11 is 0. The largest absolute Gasteiger partial charge is 0.394 e. The lowest BCUT2D eigenvalue weighted by atomic mass is 9.88. The number of nitrogens with zero attached hydrogens (tertiary/aromatic N) is 3. The van der Waals surface area contributed by atoms with Gasteiger partial charge in [-0.3, -0.25) is 4.79 Å². The SMILES string of the molecule is CN1CCN(c2cc(C(=O)NC(CO)CC(C)(C)C)ccn2)CC1. The molecule has 2 rings (SSSR count). The Kier molecular flexibility index (Phi) is 6.18. The third kappa shape index (κ3) is 5.46. The van der Waals surface area contributed by atoms with Gasteiger partial charge in [0, 0.05) is 37.9 Å². The first-order chi connectivity index (χ1) is 11.3. The fourth-order valence-corrected chi connectivity index (χ4v) is 2.94. The predicted octanol–water partition coefficient (Wildman–Crippen LogP) is 1.36. The van der Waals surface area contributed by atoms with E-state index in [4.69, 9.17) is 0 Å². The van der Waals surface area contributed by atoms with Gasteiger partial charge in [0.1, 0.15) is 5.82 Å². The molecule has 2 heterocycles. The Labute approximate surface area is 144 Å².